The molecule has 1 aromatic carbocycles. The third-order valence-corrected chi connectivity index (χ3v) is 5.16. The molecule has 1 aliphatic rings. The normalized spacial score (nSPS) is 16.6. The minimum atomic E-state index is -0.518. The molecule has 6 heteroatoms. The maximum absolute atomic E-state index is 12.5. The average Bonchev–Trinajstić information content (AvgIpc) is 3.11. The molecule has 5 nitrogen and oxygen atoms in total. The molecular weight excluding hydrogens is 322 g/mol. The zero-order chi connectivity index (χ0) is 16.9. The number of carbonyl (C=O) groups is 1. The summed E-state index contributed by atoms with van der Waals surface area (Å²) in [5, 5.41) is 21.1. The van der Waals surface area contributed by atoms with Crippen molar-refractivity contribution in [3.8, 4) is 6.07 Å². The van der Waals surface area contributed by atoms with Crippen LogP contribution in [0.15, 0.2) is 41.8 Å². The second-order valence-electron chi connectivity index (χ2n) is 5.79. The molecule has 2 aromatic rings. The number of nitrogens with zero attached hydrogens (tertiary/aromatic N) is 3. The van der Waals surface area contributed by atoms with Gasteiger partial charge in [-0.1, -0.05) is 30.3 Å². The molecule has 1 aromatic heterocycles. The van der Waals surface area contributed by atoms with E-state index in [1.165, 1.54) is 11.3 Å². The van der Waals surface area contributed by atoms with Crippen molar-refractivity contribution in [2.75, 3.05) is 32.7 Å². The molecule has 1 atom stereocenters. The predicted molar refractivity (Wildman–Crippen MR) is 92.8 cm³/mol. The lowest BCUT2D eigenvalue weighted by Gasteiger charge is -2.35. The predicted octanol–water partition coefficient (Wildman–Crippen LogP) is 2.11. The number of carbonyl (C=O) groups excluding carboxylic acids is 1. The van der Waals surface area contributed by atoms with Gasteiger partial charge < -0.3 is 10.0 Å². The molecule has 24 heavy (non-hydrogen) atoms. The Bertz CT molecular complexity index is 730. The highest BCUT2D eigenvalue weighted by Crippen LogP contribution is 2.20. The molecular formula is C18H19N3O2S. The lowest BCUT2D eigenvalue weighted by atomic mass is 10.1. The van der Waals surface area contributed by atoms with Gasteiger partial charge >= 0.3 is 0 Å². The first-order valence-electron chi connectivity index (χ1n) is 7.91. The molecule has 0 bridgehead atoms. The highest BCUT2D eigenvalue weighted by molar-refractivity contribution is 7.12. The molecule has 3 rings (SSSR count). The van der Waals surface area contributed by atoms with Crippen LogP contribution >= 0.6 is 11.3 Å². The monoisotopic (exact) mass is 341 g/mol. The van der Waals surface area contributed by atoms with Crippen molar-refractivity contribution in [1.29, 1.82) is 5.26 Å². The van der Waals surface area contributed by atoms with Gasteiger partial charge in [0.25, 0.3) is 5.91 Å². The fraction of sp³-hybridized carbons (Fsp3) is 0.333. The molecule has 1 unspecified atom stereocenters. The third-order valence-electron chi connectivity index (χ3n) is 4.25. The first kappa shape index (κ1) is 16.7. The summed E-state index contributed by atoms with van der Waals surface area (Å²) in [6, 6.07) is 13.4. The van der Waals surface area contributed by atoms with Crippen molar-refractivity contribution in [2.24, 2.45) is 0 Å². The summed E-state index contributed by atoms with van der Waals surface area (Å²) in [4.78, 5) is 17.0. The van der Waals surface area contributed by atoms with Crippen LogP contribution < -0.4 is 0 Å². The van der Waals surface area contributed by atoms with Crippen LogP contribution in [-0.2, 0) is 0 Å². The third kappa shape index (κ3) is 3.65. The maximum Gasteiger partial charge on any atom is 0.265 e. The van der Waals surface area contributed by atoms with Crippen LogP contribution in [0.1, 0.15) is 26.9 Å². The number of benzene rings is 1. The van der Waals surface area contributed by atoms with E-state index < -0.39 is 6.10 Å². The Morgan fingerprint density at radius 3 is 2.58 bits per heavy atom. The van der Waals surface area contributed by atoms with Crippen molar-refractivity contribution in [3.63, 3.8) is 0 Å². The van der Waals surface area contributed by atoms with Gasteiger partial charge in [-0.2, -0.15) is 5.26 Å². The van der Waals surface area contributed by atoms with Crippen molar-refractivity contribution < 1.29 is 9.90 Å². The lowest BCUT2D eigenvalue weighted by Crippen LogP contribution is -2.49. The van der Waals surface area contributed by atoms with Crippen molar-refractivity contribution in [2.45, 2.75) is 6.10 Å². The highest BCUT2D eigenvalue weighted by atomic mass is 32.1. The van der Waals surface area contributed by atoms with E-state index in [2.05, 4.69) is 11.0 Å². The standard InChI is InChI=1S/C18H19N3O2S/c19-12-15-6-11-24-17(15)18(23)21-9-7-20(8-10-21)13-16(22)14-4-2-1-3-5-14/h1-6,11,16,22H,7-10,13H2. The molecule has 1 amide bonds. The number of amides is 1. The Morgan fingerprint density at radius 1 is 1.21 bits per heavy atom. The van der Waals surface area contributed by atoms with E-state index in [-0.39, 0.29) is 5.91 Å². The van der Waals surface area contributed by atoms with E-state index in [9.17, 15) is 9.90 Å². The largest absolute Gasteiger partial charge is 0.387 e. The summed E-state index contributed by atoms with van der Waals surface area (Å²) < 4.78 is 0. The van der Waals surface area contributed by atoms with E-state index in [1.54, 1.807) is 16.3 Å². The smallest absolute Gasteiger partial charge is 0.265 e. The first-order chi connectivity index (χ1) is 11.7. The van der Waals surface area contributed by atoms with Gasteiger partial charge in [0, 0.05) is 32.7 Å². The molecule has 0 spiro atoms. The Hall–Kier alpha value is -2.20. The van der Waals surface area contributed by atoms with Gasteiger partial charge in [-0.05, 0) is 17.0 Å². The minimum Gasteiger partial charge on any atom is -0.387 e. The van der Waals surface area contributed by atoms with E-state index in [1.807, 2.05) is 30.3 Å². The van der Waals surface area contributed by atoms with Crippen molar-refractivity contribution in [3.05, 3.63) is 57.8 Å². The molecule has 0 aliphatic carbocycles. The molecule has 0 saturated carbocycles. The highest BCUT2D eigenvalue weighted by Gasteiger charge is 2.25. The van der Waals surface area contributed by atoms with Crippen LogP contribution in [0, 0.1) is 11.3 Å². The molecule has 2 heterocycles. The Kier molecular flexibility index (Phi) is 5.26. The summed E-state index contributed by atoms with van der Waals surface area (Å²) in [5.74, 6) is -0.0650. The number of nitriles is 1. The summed E-state index contributed by atoms with van der Waals surface area (Å²) in [7, 11) is 0. The van der Waals surface area contributed by atoms with Gasteiger partial charge in [-0.15, -0.1) is 11.3 Å². The molecule has 124 valence electrons. The number of thiophene rings is 1. The van der Waals surface area contributed by atoms with E-state index in [4.69, 9.17) is 5.26 Å². The second-order valence-corrected chi connectivity index (χ2v) is 6.71. The van der Waals surface area contributed by atoms with Gasteiger partial charge in [0.15, 0.2) is 0 Å². The van der Waals surface area contributed by atoms with Crippen LogP contribution in [0.3, 0.4) is 0 Å². The van der Waals surface area contributed by atoms with Crippen molar-refractivity contribution >= 4 is 17.2 Å². The van der Waals surface area contributed by atoms with Crippen LogP contribution in [0.4, 0.5) is 0 Å². The van der Waals surface area contributed by atoms with Crippen LogP contribution in [0.2, 0.25) is 0 Å². The van der Waals surface area contributed by atoms with Gasteiger partial charge in [-0.3, -0.25) is 9.69 Å². The van der Waals surface area contributed by atoms with Gasteiger partial charge in [0.2, 0.25) is 0 Å². The van der Waals surface area contributed by atoms with Crippen LogP contribution in [-0.4, -0.2) is 53.5 Å². The summed E-state index contributed by atoms with van der Waals surface area (Å²) in [6.45, 7) is 3.24. The summed E-state index contributed by atoms with van der Waals surface area (Å²) >= 11 is 1.32. The number of rotatable bonds is 4. The maximum atomic E-state index is 12.5. The molecule has 1 saturated heterocycles. The molecule has 1 N–H and O–H groups in total. The van der Waals surface area contributed by atoms with E-state index in [0.717, 1.165) is 18.7 Å². The van der Waals surface area contributed by atoms with E-state index in [0.29, 0.717) is 30.1 Å². The van der Waals surface area contributed by atoms with Gasteiger partial charge in [0.05, 0.1) is 11.7 Å². The number of aliphatic hydroxyl groups excluding tert-OH is 1. The number of hydrogen-bond donors (Lipinski definition) is 1. The fourth-order valence-electron chi connectivity index (χ4n) is 2.87. The molecule has 0 radical (unpaired) electrons. The molecule has 1 aliphatic heterocycles. The number of piperazine rings is 1. The quantitative estimate of drug-likeness (QED) is 0.925. The van der Waals surface area contributed by atoms with Gasteiger partial charge in [-0.25, -0.2) is 0 Å². The molecule has 1 fully saturated rings. The minimum absolute atomic E-state index is 0.0650. The average molecular weight is 341 g/mol. The Labute approximate surface area is 145 Å². The summed E-state index contributed by atoms with van der Waals surface area (Å²) in [6.07, 6.45) is -0.518. The summed E-state index contributed by atoms with van der Waals surface area (Å²) in [5.41, 5.74) is 1.36. The first-order valence-corrected chi connectivity index (χ1v) is 8.79. The number of hydrogen-bond acceptors (Lipinski definition) is 5. The zero-order valence-corrected chi connectivity index (χ0v) is 14.1. The van der Waals surface area contributed by atoms with Gasteiger partial charge in [0.1, 0.15) is 10.9 Å². The lowest BCUT2D eigenvalue weighted by molar-refractivity contribution is 0.0531. The van der Waals surface area contributed by atoms with Crippen LogP contribution in [0.25, 0.3) is 0 Å². The Balaban J connectivity index is 1.54. The number of aliphatic hydroxyl groups is 1. The second kappa shape index (κ2) is 7.58. The van der Waals surface area contributed by atoms with Crippen LogP contribution in [0.5, 0.6) is 0 Å². The zero-order valence-electron chi connectivity index (χ0n) is 13.3. The number of β-amino-alcohol motifs (C(OH)–C–C–N with tert-alkyl or cyclic N) is 1. The van der Waals surface area contributed by atoms with E-state index >= 15 is 0 Å². The fourth-order valence-corrected chi connectivity index (χ4v) is 3.68. The van der Waals surface area contributed by atoms with Crippen molar-refractivity contribution in [1.82, 2.24) is 9.80 Å². The topological polar surface area (TPSA) is 67.6 Å². The Morgan fingerprint density at radius 2 is 1.92 bits per heavy atom. The SMILES string of the molecule is N#Cc1ccsc1C(=O)N1CCN(CC(O)c2ccccc2)CC1.